The van der Waals surface area contributed by atoms with Crippen molar-refractivity contribution < 1.29 is 29.6 Å². The predicted octanol–water partition coefficient (Wildman–Crippen LogP) is -2.40. The first-order valence-electron chi connectivity index (χ1n) is 3.29. The maximum absolute atomic E-state index is 12.6. The number of halogens is 1. The fraction of sp³-hybridized carbons (Fsp3) is 0.833. The molecule has 0 fully saturated rings. The van der Waals surface area contributed by atoms with E-state index in [4.69, 9.17) is 20.4 Å². The van der Waals surface area contributed by atoms with Gasteiger partial charge in [-0.3, -0.25) is 0 Å². The summed E-state index contributed by atoms with van der Waals surface area (Å²) < 4.78 is 12.6. The highest BCUT2D eigenvalue weighted by molar-refractivity contribution is 5.56. The Bertz CT molecular complexity index is 142. The Labute approximate surface area is 68.1 Å². The number of aliphatic hydroxyl groups excluding tert-OH is 4. The van der Waals surface area contributed by atoms with Crippen molar-refractivity contribution in [2.24, 2.45) is 0 Å². The number of carbonyl (C=O) groups is 1. The standard InChI is InChI=1S/C6H11FO5/c7-5(3(10)1-8)6(12)4(11)2-9/h1,3-6,9-12H,2H2/t3-,4+,5+,6-/m0/s1/i7-1. The molecule has 12 heavy (non-hydrogen) atoms. The first-order chi connectivity index (χ1) is 5.54. The van der Waals surface area contributed by atoms with Crippen LogP contribution in [0, 0.1) is 0 Å². The lowest BCUT2D eigenvalue weighted by Gasteiger charge is -2.20. The van der Waals surface area contributed by atoms with Crippen LogP contribution >= 0.6 is 0 Å². The van der Waals surface area contributed by atoms with Gasteiger partial charge in [-0.2, -0.15) is 0 Å². The van der Waals surface area contributed by atoms with E-state index in [-0.39, 0.29) is 6.29 Å². The van der Waals surface area contributed by atoms with E-state index in [1.165, 1.54) is 0 Å². The molecular weight excluding hydrogens is 170 g/mol. The number of aliphatic hydroxyl groups is 4. The molecule has 0 unspecified atom stereocenters. The topological polar surface area (TPSA) is 98.0 Å². The summed E-state index contributed by atoms with van der Waals surface area (Å²) in [5.41, 5.74) is 0. The van der Waals surface area contributed by atoms with Gasteiger partial charge in [0.25, 0.3) is 0 Å². The second-order valence-electron chi connectivity index (χ2n) is 2.31. The number of hydrogen-bond donors (Lipinski definition) is 4. The van der Waals surface area contributed by atoms with E-state index in [0.717, 1.165) is 0 Å². The molecule has 0 radical (unpaired) electrons. The van der Waals surface area contributed by atoms with E-state index < -0.39 is 31.1 Å². The number of carbonyl (C=O) groups excluding carboxylic acids is 1. The maximum Gasteiger partial charge on any atom is 0.161 e. The average molecular weight is 181 g/mol. The van der Waals surface area contributed by atoms with Crippen molar-refractivity contribution in [2.75, 3.05) is 6.61 Å². The van der Waals surface area contributed by atoms with E-state index >= 15 is 0 Å². The third-order valence-electron chi connectivity index (χ3n) is 1.37. The Hall–Kier alpha value is -0.560. The summed E-state index contributed by atoms with van der Waals surface area (Å²) in [6.07, 6.45) is -8.03. The van der Waals surface area contributed by atoms with Gasteiger partial charge in [-0.1, -0.05) is 0 Å². The maximum atomic E-state index is 12.6. The van der Waals surface area contributed by atoms with Crippen molar-refractivity contribution in [3.63, 3.8) is 0 Å². The molecule has 0 spiro atoms. The second-order valence-corrected chi connectivity index (χ2v) is 2.31. The lowest BCUT2D eigenvalue weighted by Crippen LogP contribution is -2.43. The molecule has 0 rings (SSSR count). The minimum absolute atomic E-state index is 0.0992. The number of rotatable bonds is 5. The zero-order valence-electron chi connectivity index (χ0n) is 6.17. The third kappa shape index (κ3) is 2.82. The zero-order valence-corrected chi connectivity index (χ0v) is 6.17. The molecule has 0 saturated carbocycles. The van der Waals surface area contributed by atoms with Crippen LogP contribution in [0.3, 0.4) is 0 Å². The molecule has 0 aliphatic heterocycles. The van der Waals surface area contributed by atoms with Crippen LogP contribution in [0.25, 0.3) is 0 Å². The fourth-order valence-corrected chi connectivity index (χ4v) is 0.597. The van der Waals surface area contributed by atoms with Crippen LogP contribution in [0.15, 0.2) is 0 Å². The summed E-state index contributed by atoms with van der Waals surface area (Å²) in [7, 11) is 0. The third-order valence-corrected chi connectivity index (χ3v) is 1.37. The molecule has 6 heteroatoms. The monoisotopic (exact) mass is 181 g/mol. The molecule has 0 aromatic heterocycles. The summed E-state index contributed by atoms with van der Waals surface area (Å²) >= 11 is 0. The van der Waals surface area contributed by atoms with Crippen LogP contribution in [-0.4, -0.2) is 57.8 Å². The minimum Gasteiger partial charge on any atom is -0.394 e. The zero-order chi connectivity index (χ0) is 9.72. The molecule has 4 atom stereocenters. The van der Waals surface area contributed by atoms with Gasteiger partial charge in [0.2, 0.25) is 0 Å². The van der Waals surface area contributed by atoms with Crippen molar-refractivity contribution in [2.45, 2.75) is 24.5 Å². The van der Waals surface area contributed by atoms with E-state index in [2.05, 4.69) is 0 Å². The molecular formula is C6H11FO5. The highest BCUT2D eigenvalue weighted by atomic mass is 18.2. The van der Waals surface area contributed by atoms with Crippen LogP contribution in [0.4, 0.5) is 4.39 Å². The Morgan fingerprint density at radius 1 is 1.33 bits per heavy atom. The summed E-state index contributed by atoms with van der Waals surface area (Å²) in [6, 6.07) is 0. The van der Waals surface area contributed by atoms with Crippen LogP contribution in [0.5, 0.6) is 0 Å². The fourth-order valence-electron chi connectivity index (χ4n) is 0.597. The average Bonchev–Trinajstić information content (AvgIpc) is 2.12. The summed E-state index contributed by atoms with van der Waals surface area (Å²) in [4.78, 5) is 9.82. The molecule has 0 heterocycles. The van der Waals surface area contributed by atoms with Gasteiger partial charge in [0.1, 0.15) is 18.3 Å². The smallest absolute Gasteiger partial charge is 0.161 e. The van der Waals surface area contributed by atoms with Crippen molar-refractivity contribution in [3.05, 3.63) is 0 Å². The van der Waals surface area contributed by atoms with Crippen molar-refractivity contribution in [3.8, 4) is 0 Å². The van der Waals surface area contributed by atoms with E-state index in [0.29, 0.717) is 0 Å². The minimum atomic E-state index is -2.29. The summed E-state index contributed by atoms with van der Waals surface area (Å²) in [5.74, 6) is 0. The van der Waals surface area contributed by atoms with Gasteiger partial charge >= 0.3 is 0 Å². The number of alkyl halides is 1. The van der Waals surface area contributed by atoms with E-state index in [1.54, 1.807) is 0 Å². The molecule has 0 saturated heterocycles. The van der Waals surface area contributed by atoms with E-state index in [9.17, 15) is 9.18 Å². The normalized spacial score (nSPS) is 21.1. The van der Waals surface area contributed by atoms with Gasteiger partial charge in [-0.25, -0.2) is 4.39 Å². The molecule has 72 valence electrons. The van der Waals surface area contributed by atoms with Gasteiger partial charge in [-0.05, 0) is 0 Å². The van der Waals surface area contributed by atoms with Gasteiger partial charge in [-0.15, -0.1) is 0 Å². The molecule has 0 aromatic carbocycles. The van der Waals surface area contributed by atoms with Crippen LogP contribution in [0.2, 0.25) is 0 Å². The number of aldehydes is 1. The number of hydrogen-bond acceptors (Lipinski definition) is 5. The quantitative estimate of drug-likeness (QED) is 0.354. The molecule has 0 bridgehead atoms. The van der Waals surface area contributed by atoms with Crippen molar-refractivity contribution in [1.82, 2.24) is 0 Å². The second kappa shape index (κ2) is 5.15. The SMILES string of the molecule is O=C[C@H](O)[C@@H]([18F])[C@@H](O)[C@H](O)CO. The highest BCUT2D eigenvalue weighted by Crippen LogP contribution is 2.07. The van der Waals surface area contributed by atoms with Gasteiger partial charge < -0.3 is 25.2 Å². The molecule has 5 nitrogen and oxygen atoms in total. The molecule has 0 aliphatic rings. The first kappa shape index (κ1) is 11.4. The summed E-state index contributed by atoms with van der Waals surface area (Å²) in [6.45, 7) is -0.840. The van der Waals surface area contributed by atoms with E-state index in [1.807, 2.05) is 0 Å². The Balaban J connectivity index is 4.07. The molecule has 0 aliphatic carbocycles. The summed E-state index contributed by atoms with van der Waals surface area (Å²) in [5, 5.41) is 34.3. The van der Waals surface area contributed by atoms with Gasteiger partial charge in [0.15, 0.2) is 12.5 Å². The largest absolute Gasteiger partial charge is 0.394 e. The lowest BCUT2D eigenvalue weighted by molar-refractivity contribution is -0.126. The van der Waals surface area contributed by atoms with Gasteiger partial charge in [0, 0.05) is 0 Å². The lowest BCUT2D eigenvalue weighted by atomic mass is 10.1. The van der Waals surface area contributed by atoms with Crippen LogP contribution in [-0.2, 0) is 4.79 Å². The molecule has 0 aromatic rings. The predicted molar refractivity (Wildman–Crippen MR) is 36.1 cm³/mol. The van der Waals surface area contributed by atoms with Crippen LogP contribution < -0.4 is 0 Å². The van der Waals surface area contributed by atoms with Crippen LogP contribution in [0.1, 0.15) is 0 Å². The molecule has 0 amide bonds. The Morgan fingerprint density at radius 2 is 1.83 bits per heavy atom. The Morgan fingerprint density at radius 3 is 2.17 bits per heavy atom. The highest BCUT2D eigenvalue weighted by Gasteiger charge is 2.31. The molecule has 4 N–H and O–H groups in total. The van der Waals surface area contributed by atoms with Gasteiger partial charge in [0.05, 0.1) is 6.61 Å². The first-order valence-corrected chi connectivity index (χ1v) is 3.29. The van der Waals surface area contributed by atoms with Crippen molar-refractivity contribution >= 4 is 6.29 Å². The van der Waals surface area contributed by atoms with Crippen molar-refractivity contribution in [1.29, 1.82) is 0 Å². The Kier molecular flexibility index (Phi) is 4.91.